The molecule has 0 unspecified atom stereocenters. The molecule has 20 heavy (non-hydrogen) atoms. The zero-order valence-electron chi connectivity index (χ0n) is 14.2. The molecule has 0 aromatic carbocycles. The van der Waals surface area contributed by atoms with Gasteiger partial charge in [-0.3, -0.25) is 0 Å². The quantitative estimate of drug-likeness (QED) is 0.251. The summed E-state index contributed by atoms with van der Waals surface area (Å²) in [6.07, 6.45) is 10.9. The lowest BCUT2D eigenvalue weighted by atomic mass is 10.1. The van der Waals surface area contributed by atoms with Crippen molar-refractivity contribution in [3.63, 3.8) is 0 Å². The van der Waals surface area contributed by atoms with Gasteiger partial charge in [0.25, 0.3) is 0 Å². The van der Waals surface area contributed by atoms with Gasteiger partial charge in [-0.25, -0.2) is 0 Å². The van der Waals surface area contributed by atoms with Gasteiger partial charge in [-0.15, -0.1) is 0 Å². The number of aldehydes is 1. The second kappa shape index (κ2) is 9.30. The van der Waals surface area contributed by atoms with E-state index in [1.165, 1.54) is 5.57 Å². The molecule has 116 valence electrons. The first-order valence-electron chi connectivity index (χ1n) is 7.60. The molecular formula is C17H32O2Si. The summed E-state index contributed by atoms with van der Waals surface area (Å²) in [6.45, 7) is 14.3. The Hall–Kier alpha value is -0.673. The molecular weight excluding hydrogens is 264 g/mol. The average molecular weight is 297 g/mol. The number of hydrogen-bond donors (Lipinski definition) is 0. The summed E-state index contributed by atoms with van der Waals surface area (Å²) in [5, 5.41) is 0.293. The lowest BCUT2D eigenvalue weighted by Gasteiger charge is -2.36. The van der Waals surface area contributed by atoms with Gasteiger partial charge in [0.05, 0.1) is 0 Å². The summed E-state index contributed by atoms with van der Waals surface area (Å²) in [6, 6.07) is 0. The van der Waals surface area contributed by atoms with E-state index >= 15 is 0 Å². The van der Waals surface area contributed by atoms with Gasteiger partial charge in [-0.1, -0.05) is 44.6 Å². The summed E-state index contributed by atoms with van der Waals surface area (Å²) in [5.74, 6) is 0. The molecule has 0 fully saturated rings. The minimum Gasteiger partial charge on any atom is -0.417 e. The zero-order valence-corrected chi connectivity index (χ0v) is 15.2. The Morgan fingerprint density at radius 3 is 2.40 bits per heavy atom. The molecule has 0 saturated carbocycles. The Bertz CT molecular complexity index is 335. The Balaban J connectivity index is 3.85. The normalized spacial score (nSPS) is 14.0. The third-order valence-corrected chi connectivity index (χ3v) is 8.50. The van der Waals surface area contributed by atoms with Gasteiger partial charge >= 0.3 is 0 Å². The third kappa shape index (κ3) is 8.49. The van der Waals surface area contributed by atoms with Crippen molar-refractivity contribution in [3.05, 3.63) is 23.8 Å². The molecule has 0 aliphatic carbocycles. The molecule has 0 N–H and O–H groups in total. The Labute approximate surface area is 126 Å². The predicted octanol–water partition coefficient (Wildman–Crippen LogP) is 5.27. The van der Waals surface area contributed by atoms with Crippen LogP contribution in [0.3, 0.4) is 0 Å². The molecule has 0 aromatic heterocycles. The maximum atomic E-state index is 10.3. The van der Waals surface area contributed by atoms with Crippen molar-refractivity contribution in [3.8, 4) is 0 Å². The van der Waals surface area contributed by atoms with E-state index in [0.717, 1.165) is 32.2 Å². The molecule has 0 rings (SSSR count). The Morgan fingerprint density at radius 1 is 1.20 bits per heavy atom. The molecule has 0 saturated heterocycles. The number of hydrogen-bond acceptors (Lipinski definition) is 2. The minimum absolute atomic E-state index is 0.293. The van der Waals surface area contributed by atoms with Crippen LogP contribution in [0.15, 0.2) is 23.8 Å². The van der Waals surface area contributed by atoms with Crippen LogP contribution in [-0.4, -0.2) is 21.2 Å². The van der Waals surface area contributed by atoms with Crippen LogP contribution in [-0.2, 0) is 9.22 Å². The van der Waals surface area contributed by atoms with E-state index in [0.29, 0.717) is 11.5 Å². The highest BCUT2D eigenvalue weighted by molar-refractivity contribution is 6.74. The molecule has 0 atom stereocenters. The molecule has 3 heteroatoms. The van der Waals surface area contributed by atoms with Crippen molar-refractivity contribution in [2.45, 2.75) is 71.5 Å². The monoisotopic (exact) mass is 296 g/mol. The number of allylic oxidation sites excluding steroid dienone is 4. The first-order valence-corrected chi connectivity index (χ1v) is 10.5. The van der Waals surface area contributed by atoms with Crippen LogP contribution >= 0.6 is 0 Å². The summed E-state index contributed by atoms with van der Waals surface area (Å²) in [7, 11) is -1.58. The van der Waals surface area contributed by atoms with Crippen molar-refractivity contribution in [1.82, 2.24) is 0 Å². The number of rotatable bonds is 9. The van der Waals surface area contributed by atoms with Crippen molar-refractivity contribution in [2.75, 3.05) is 6.61 Å². The van der Waals surface area contributed by atoms with Crippen molar-refractivity contribution < 1.29 is 9.22 Å². The van der Waals surface area contributed by atoms with Gasteiger partial charge < -0.3 is 9.22 Å². The molecule has 0 aliphatic heterocycles. The highest BCUT2D eigenvalue weighted by Gasteiger charge is 2.36. The van der Waals surface area contributed by atoms with Crippen LogP contribution in [0.1, 0.15) is 53.4 Å². The maximum absolute atomic E-state index is 10.3. The minimum atomic E-state index is -1.58. The lowest BCUT2D eigenvalue weighted by molar-refractivity contribution is -0.107. The van der Waals surface area contributed by atoms with Gasteiger partial charge in [-0.2, -0.15) is 0 Å². The molecule has 0 aliphatic rings. The largest absolute Gasteiger partial charge is 0.417 e. The Kier molecular flexibility index (Phi) is 8.98. The van der Waals surface area contributed by atoms with E-state index in [2.05, 4.69) is 59.0 Å². The van der Waals surface area contributed by atoms with Gasteiger partial charge in [-0.05, 0) is 44.3 Å². The smallest absolute Gasteiger partial charge is 0.191 e. The van der Waals surface area contributed by atoms with E-state index in [4.69, 9.17) is 4.43 Å². The molecule has 0 spiro atoms. The van der Waals surface area contributed by atoms with Gasteiger partial charge in [0, 0.05) is 13.0 Å². The summed E-state index contributed by atoms with van der Waals surface area (Å²) in [4.78, 5) is 10.3. The third-order valence-electron chi connectivity index (χ3n) is 3.96. The molecule has 0 aromatic rings. The Morgan fingerprint density at radius 2 is 1.85 bits per heavy atom. The second-order valence-electron chi connectivity index (χ2n) is 6.90. The van der Waals surface area contributed by atoms with Gasteiger partial charge in [0.2, 0.25) is 0 Å². The van der Waals surface area contributed by atoms with Crippen LogP contribution in [0, 0.1) is 0 Å². The fraction of sp³-hybridized carbons (Fsp3) is 0.706. The number of unbranched alkanes of at least 4 members (excludes halogenated alkanes) is 1. The van der Waals surface area contributed by atoms with Crippen LogP contribution < -0.4 is 0 Å². The van der Waals surface area contributed by atoms with Crippen LogP contribution in [0.5, 0.6) is 0 Å². The first-order chi connectivity index (χ1) is 9.20. The predicted molar refractivity (Wildman–Crippen MR) is 90.6 cm³/mol. The maximum Gasteiger partial charge on any atom is 0.191 e. The fourth-order valence-electron chi connectivity index (χ4n) is 1.44. The number of carbonyl (C=O) groups is 1. The summed E-state index contributed by atoms with van der Waals surface area (Å²) < 4.78 is 6.13. The molecule has 0 bridgehead atoms. The zero-order chi connectivity index (χ0) is 15.6. The van der Waals surface area contributed by atoms with Crippen LogP contribution in [0.25, 0.3) is 0 Å². The topological polar surface area (TPSA) is 26.3 Å². The van der Waals surface area contributed by atoms with Crippen molar-refractivity contribution in [1.29, 1.82) is 0 Å². The standard InChI is InChI=1S/C17H32O2Si/c1-16(13-11-14-18)12-9-7-8-10-15-19-20(5,6)17(2,3)4/h7,9,12,14H,8,10-11,13,15H2,1-6H3/b9-7+,16-12+. The van der Waals surface area contributed by atoms with Gasteiger partial charge in [0.1, 0.15) is 6.29 Å². The van der Waals surface area contributed by atoms with Crippen molar-refractivity contribution >= 4 is 14.6 Å². The second-order valence-corrected chi connectivity index (χ2v) is 11.7. The molecule has 0 amide bonds. The summed E-state index contributed by atoms with van der Waals surface area (Å²) in [5.41, 5.74) is 1.26. The molecule has 2 nitrogen and oxygen atoms in total. The first kappa shape index (κ1) is 19.3. The highest BCUT2D eigenvalue weighted by atomic mass is 28.4. The molecule has 0 heterocycles. The van der Waals surface area contributed by atoms with E-state index in [1.807, 2.05) is 0 Å². The highest BCUT2D eigenvalue weighted by Crippen LogP contribution is 2.36. The van der Waals surface area contributed by atoms with E-state index in [9.17, 15) is 4.79 Å². The lowest BCUT2D eigenvalue weighted by Crippen LogP contribution is -2.40. The van der Waals surface area contributed by atoms with Crippen molar-refractivity contribution in [2.24, 2.45) is 0 Å². The van der Waals surface area contributed by atoms with E-state index in [1.54, 1.807) is 0 Å². The SMILES string of the molecule is C/C(=C\C=C\CCCO[Si](C)(C)C(C)(C)C)CCC=O. The van der Waals surface area contributed by atoms with Crippen LogP contribution in [0.4, 0.5) is 0 Å². The number of carbonyl (C=O) groups excluding carboxylic acids is 1. The van der Waals surface area contributed by atoms with E-state index < -0.39 is 8.32 Å². The fourth-order valence-corrected chi connectivity index (χ4v) is 2.53. The summed E-state index contributed by atoms with van der Waals surface area (Å²) >= 11 is 0. The van der Waals surface area contributed by atoms with Crippen LogP contribution in [0.2, 0.25) is 18.1 Å². The average Bonchev–Trinajstić information content (AvgIpc) is 2.33. The molecule has 0 radical (unpaired) electrons. The van der Waals surface area contributed by atoms with Gasteiger partial charge in [0.15, 0.2) is 8.32 Å². The van der Waals surface area contributed by atoms with E-state index in [-0.39, 0.29) is 0 Å².